The number of likely N-dealkylation sites (tertiary alicyclic amines) is 1. The van der Waals surface area contributed by atoms with Crippen molar-refractivity contribution in [3.8, 4) is 0 Å². The minimum Gasteiger partial charge on any atom is -0.338 e. The summed E-state index contributed by atoms with van der Waals surface area (Å²) >= 11 is 0. The van der Waals surface area contributed by atoms with Gasteiger partial charge in [0.15, 0.2) is 0 Å². The van der Waals surface area contributed by atoms with Gasteiger partial charge in [-0.2, -0.15) is 0 Å². The van der Waals surface area contributed by atoms with Gasteiger partial charge in [0.25, 0.3) is 5.91 Å². The van der Waals surface area contributed by atoms with E-state index in [4.69, 9.17) is 5.84 Å². The highest BCUT2D eigenvalue weighted by Gasteiger charge is 2.29. The standard InChI is InChI=1S/C13H18N4O3/c1-9-5-7-16(8-6-9)13(18)10-3-2-4-11(15-14)12(10)17(19)20/h2-4,9,15H,5-8,14H2,1H3. The predicted octanol–water partition coefficient (Wildman–Crippen LogP) is 1.75. The third kappa shape index (κ3) is 2.72. The average Bonchev–Trinajstić information content (AvgIpc) is 2.46. The fourth-order valence-corrected chi connectivity index (χ4v) is 2.41. The molecule has 0 atom stereocenters. The summed E-state index contributed by atoms with van der Waals surface area (Å²) in [5.74, 6) is 5.56. The third-order valence-corrected chi connectivity index (χ3v) is 3.68. The first-order valence-electron chi connectivity index (χ1n) is 6.58. The number of nitrogens with two attached hydrogens (primary N) is 1. The number of anilines is 1. The number of carbonyl (C=O) groups is 1. The van der Waals surface area contributed by atoms with Crippen molar-refractivity contribution in [2.75, 3.05) is 18.5 Å². The van der Waals surface area contributed by atoms with E-state index in [9.17, 15) is 14.9 Å². The van der Waals surface area contributed by atoms with Crippen LogP contribution < -0.4 is 11.3 Å². The first kappa shape index (κ1) is 14.3. The van der Waals surface area contributed by atoms with Crippen molar-refractivity contribution >= 4 is 17.3 Å². The van der Waals surface area contributed by atoms with Crippen LogP contribution in [0.1, 0.15) is 30.1 Å². The summed E-state index contributed by atoms with van der Waals surface area (Å²) in [6, 6.07) is 4.54. The topological polar surface area (TPSA) is 102 Å². The van der Waals surface area contributed by atoms with E-state index in [1.165, 1.54) is 12.1 Å². The number of amides is 1. The summed E-state index contributed by atoms with van der Waals surface area (Å²) < 4.78 is 0. The number of piperidine rings is 1. The van der Waals surface area contributed by atoms with E-state index in [1.54, 1.807) is 11.0 Å². The van der Waals surface area contributed by atoms with Crippen molar-refractivity contribution in [2.24, 2.45) is 11.8 Å². The van der Waals surface area contributed by atoms with Crippen LogP contribution in [0.5, 0.6) is 0 Å². The minimum atomic E-state index is -0.574. The van der Waals surface area contributed by atoms with E-state index in [1.807, 2.05) is 0 Å². The van der Waals surface area contributed by atoms with Gasteiger partial charge in [0.1, 0.15) is 11.3 Å². The maximum absolute atomic E-state index is 12.5. The molecule has 1 aliphatic heterocycles. The molecule has 0 bridgehead atoms. The Hall–Kier alpha value is -2.15. The Bertz CT molecular complexity index is 524. The molecule has 1 aromatic rings. The molecule has 2 rings (SSSR count). The Morgan fingerprint density at radius 1 is 1.45 bits per heavy atom. The van der Waals surface area contributed by atoms with Gasteiger partial charge in [-0.3, -0.25) is 20.8 Å². The Labute approximate surface area is 116 Å². The molecule has 1 amide bonds. The first-order valence-corrected chi connectivity index (χ1v) is 6.58. The van der Waals surface area contributed by atoms with Crippen molar-refractivity contribution in [1.29, 1.82) is 0 Å². The number of hydrogen-bond donors (Lipinski definition) is 2. The van der Waals surface area contributed by atoms with Crippen molar-refractivity contribution in [3.63, 3.8) is 0 Å². The van der Waals surface area contributed by atoms with Crippen molar-refractivity contribution in [2.45, 2.75) is 19.8 Å². The zero-order valence-corrected chi connectivity index (χ0v) is 11.3. The van der Waals surface area contributed by atoms with Crippen LogP contribution in [0.3, 0.4) is 0 Å². The second-order valence-corrected chi connectivity index (χ2v) is 5.08. The predicted molar refractivity (Wildman–Crippen MR) is 75.2 cm³/mol. The summed E-state index contributed by atoms with van der Waals surface area (Å²) in [5.41, 5.74) is 2.23. The molecule has 0 aliphatic carbocycles. The number of nitrogens with one attached hydrogen (secondary N) is 1. The maximum atomic E-state index is 12.5. The quantitative estimate of drug-likeness (QED) is 0.498. The minimum absolute atomic E-state index is 0.0833. The van der Waals surface area contributed by atoms with E-state index in [2.05, 4.69) is 12.3 Å². The molecular formula is C13H18N4O3. The van der Waals surface area contributed by atoms with Crippen molar-refractivity contribution < 1.29 is 9.72 Å². The molecule has 20 heavy (non-hydrogen) atoms. The summed E-state index contributed by atoms with van der Waals surface area (Å²) in [6.45, 7) is 3.41. The van der Waals surface area contributed by atoms with Crippen molar-refractivity contribution in [3.05, 3.63) is 33.9 Å². The molecule has 1 aliphatic rings. The number of hydrogen-bond acceptors (Lipinski definition) is 5. The molecule has 1 fully saturated rings. The molecule has 3 N–H and O–H groups in total. The molecular weight excluding hydrogens is 260 g/mol. The third-order valence-electron chi connectivity index (χ3n) is 3.68. The fraction of sp³-hybridized carbons (Fsp3) is 0.462. The van der Waals surface area contributed by atoms with Crippen LogP contribution in [0.2, 0.25) is 0 Å². The van der Waals surface area contributed by atoms with Gasteiger partial charge >= 0.3 is 5.69 Å². The lowest BCUT2D eigenvalue weighted by Crippen LogP contribution is -2.38. The second-order valence-electron chi connectivity index (χ2n) is 5.08. The smallest absolute Gasteiger partial charge is 0.306 e. The fourth-order valence-electron chi connectivity index (χ4n) is 2.41. The van der Waals surface area contributed by atoms with Gasteiger partial charge in [-0.1, -0.05) is 13.0 Å². The molecule has 1 heterocycles. The second kappa shape index (κ2) is 5.87. The summed E-state index contributed by atoms with van der Waals surface area (Å²) in [7, 11) is 0. The Balaban J connectivity index is 2.32. The maximum Gasteiger partial charge on any atom is 0.306 e. The van der Waals surface area contributed by atoms with Gasteiger partial charge in [-0.25, -0.2) is 0 Å². The number of nitrogen functional groups attached to an aromatic ring is 1. The van der Waals surface area contributed by atoms with Crippen LogP contribution in [0, 0.1) is 16.0 Å². The molecule has 1 aromatic carbocycles. The first-order chi connectivity index (χ1) is 9.54. The molecule has 0 spiro atoms. The summed E-state index contributed by atoms with van der Waals surface area (Å²) in [6.07, 6.45) is 1.85. The Kier molecular flexibility index (Phi) is 4.19. The largest absolute Gasteiger partial charge is 0.338 e. The molecule has 0 radical (unpaired) electrons. The van der Waals surface area contributed by atoms with Gasteiger partial charge < -0.3 is 10.3 Å². The highest BCUT2D eigenvalue weighted by molar-refractivity contribution is 6.00. The molecule has 0 aromatic heterocycles. The number of nitrogens with zero attached hydrogens (tertiary/aromatic N) is 2. The van der Waals surface area contributed by atoms with Gasteiger partial charge in [0.05, 0.1) is 4.92 Å². The molecule has 0 saturated carbocycles. The van der Waals surface area contributed by atoms with Crippen LogP contribution in [-0.2, 0) is 0 Å². The van der Waals surface area contributed by atoms with Crippen LogP contribution in [-0.4, -0.2) is 28.8 Å². The number of benzene rings is 1. The number of nitro benzene ring substituents is 1. The normalized spacial score (nSPS) is 16.0. The lowest BCUT2D eigenvalue weighted by Gasteiger charge is -2.30. The van der Waals surface area contributed by atoms with E-state index in [0.29, 0.717) is 19.0 Å². The molecule has 0 unspecified atom stereocenters. The molecule has 1 saturated heterocycles. The monoisotopic (exact) mass is 278 g/mol. The zero-order chi connectivity index (χ0) is 14.7. The summed E-state index contributed by atoms with van der Waals surface area (Å²) in [5, 5.41) is 11.2. The SMILES string of the molecule is CC1CCN(C(=O)c2cccc(NN)c2[N+](=O)[O-])CC1. The highest BCUT2D eigenvalue weighted by Crippen LogP contribution is 2.29. The number of nitro groups is 1. The van der Waals surface area contributed by atoms with Gasteiger partial charge in [0, 0.05) is 13.1 Å². The van der Waals surface area contributed by atoms with Crippen LogP contribution in [0.25, 0.3) is 0 Å². The highest BCUT2D eigenvalue weighted by atomic mass is 16.6. The average molecular weight is 278 g/mol. The Morgan fingerprint density at radius 3 is 2.65 bits per heavy atom. The lowest BCUT2D eigenvalue weighted by atomic mass is 9.98. The summed E-state index contributed by atoms with van der Waals surface area (Å²) in [4.78, 5) is 24.7. The van der Waals surface area contributed by atoms with Crippen LogP contribution in [0.15, 0.2) is 18.2 Å². The van der Waals surface area contributed by atoms with Gasteiger partial charge in [-0.15, -0.1) is 0 Å². The number of carbonyl (C=O) groups excluding carboxylic acids is 1. The number of rotatable bonds is 3. The molecule has 7 nitrogen and oxygen atoms in total. The van der Waals surface area contributed by atoms with Gasteiger partial charge in [-0.05, 0) is 30.9 Å². The number of hydrazine groups is 1. The van der Waals surface area contributed by atoms with E-state index >= 15 is 0 Å². The lowest BCUT2D eigenvalue weighted by molar-refractivity contribution is -0.384. The molecule has 7 heteroatoms. The van der Waals surface area contributed by atoms with E-state index < -0.39 is 4.92 Å². The molecule has 108 valence electrons. The van der Waals surface area contributed by atoms with Crippen LogP contribution >= 0.6 is 0 Å². The van der Waals surface area contributed by atoms with Crippen molar-refractivity contribution in [1.82, 2.24) is 4.90 Å². The van der Waals surface area contributed by atoms with Gasteiger partial charge in [0.2, 0.25) is 0 Å². The van der Waals surface area contributed by atoms with E-state index in [0.717, 1.165) is 12.8 Å². The number of para-hydroxylation sites is 1. The van der Waals surface area contributed by atoms with Crippen LogP contribution in [0.4, 0.5) is 11.4 Å². The zero-order valence-electron chi connectivity index (χ0n) is 11.3. The Morgan fingerprint density at radius 2 is 2.10 bits per heavy atom. The van der Waals surface area contributed by atoms with E-state index in [-0.39, 0.29) is 22.8 Å².